The number of nitrogens with zero attached hydrogens (tertiary/aromatic N) is 1. The van der Waals surface area contributed by atoms with Crippen LogP contribution in [-0.2, 0) is 10.0 Å². The van der Waals surface area contributed by atoms with E-state index in [-0.39, 0.29) is 21.4 Å². The van der Waals surface area contributed by atoms with Crippen LogP contribution in [0, 0.1) is 5.82 Å². The molecule has 0 aliphatic heterocycles. The Morgan fingerprint density at radius 3 is 2.68 bits per heavy atom. The molecule has 0 unspecified atom stereocenters. The number of pyridine rings is 1. The summed E-state index contributed by atoms with van der Waals surface area (Å²) >= 11 is 5.75. The maximum Gasteiger partial charge on any atom is 0.262 e. The van der Waals surface area contributed by atoms with E-state index in [0.29, 0.717) is 0 Å². The molecular formula is C11H9ClFN3O2S. The minimum atomic E-state index is -3.98. The highest BCUT2D eigenvalue weighted by Gasteiger charge is 2.18. The fraction of sp³-hybridized carbons (Fsp3) is 0. The highest BCUT2D eigenvalue weighted by atomic mass is 35.5. The normalized spacial score (nSPS) is 11.3. The van der Waals surface area contributed by atoms with E-state index in [0.717, 1.165) is 12.1 Å². The molecule has 0 aliphatic carbocycles. The van der Waals surface area contributed by atoms with Gasteiger partial charge in [0, 0.05) is 12.3 Å². The van der Waals surface area contributed by atoms with Gasteiger partial charge < -0.3 is 5.73 Å². The lowest BCUT2D eigenvalue weighted by molar-refractivity contribution is 0.598. The molecule has 0 spiro atoms. The Morgan fingerprint density at radius 2 is 2.05 bits per heavy atom. The molecule has 0 bridgehead atoms. The SMILES string of the molecule is Nc1cc(S(=O)(=O)Nc2c(F)cccc2Cl)ccn1. The van der Waals surface area contributed by atoms with Gasteiger partial charge in [-0.15, -0.1) is 0 Å². The van der Waals surface area contributed by atoms with Crippen molar-refractivity contribution >= 4 is 33.1 Å². The number of hydrogen-bond donors (Lipinski definition) is 2. The van der Waals surface area contributed by atoms with Crippen LogP contribution in [0.25, 0.3) is 0 Å². The summed E-state index contributed by atoms with van der Waals surface area (Å²) in [5, 5.41) is -0.0365. The second-order valence-corrected chi connectivity index (χ2v) is 5.71. The average molecular weight is 302 g/mol. The lowest BCUT2D eigenvalue weighted by Gasteiger charge is -2.10. The number of rotatable bonds is 3. The van der Waals surface area contributed by atoms with Gasteiger partial charge in [0.05, 0.1) is 9.92 Å². The Hall–Kier alpha value is -1.86. The monoisotopic (exact) mass is 301 g/mol. The third-order valence-corrected chi connectivity index (χ3v) is 3.92. The molecule has 5 nitrogen and oxygen atoms in total. The van der Waals surface area contributed by atoms with E-state index in [1.807, 2.05) is 0 Å². The van der Waals surface area contributed by atoms with Gasteiger partial charge in [0.1, 0.15) is 17.3 Å². The van der Waals surface area contributed by atoms with Gasteiger partial charge in [-0.25, -0.2) is 17.8 Å². The van der Waals surface area contributed by atoms with E-state index in [4.69, 9.17) is 17.3 Å². The number of hydrogen-bond acceptors (Lipinski definition) is 4. The first kappa shape index (κ1) is 13.6. The Balaban J connectivity index is 2.42. The first-order chi connectivity index (χ1) is 8.90. The molecule has 19 heavy (non-hydrogen) atoms. The zero-order valence-electron chi connectivity index (χ0n) is 9.47. The maximum atomic E-state index is 13.5. The van der Waals surface area contributed by atoms with E-state index in [1.165, 1.54) is 24.4 Å². The molecule has 0 aliphatic rings. The number of anilines is 2. The van der Waals surface area contributed by atoms with Gasteiger partial charge >= 0.3 is 0 Å². The van der Waals surface area contributed by atoms with E-state index in [9.17, 15) is 12.8 Å². The molecule has 0 fully saturated rings. The van der Waals surface area contributed by atoms with Crippen LogP contribution in [0.5, 0.6) is 0 Å². The molecule has 0 saturated heterocycles. The molecule has 3 N–H and O–H groups in total. The fourth-order valence-electron chi connectivity index (χ4n) is 1.38. The number of nitrogens with one attached hydrogen (secondary N) is 1. The van der Waals surface area contributed by atoms with Gasteiger partial charge in [0.25, 0.3) is 10.0 Å². The van der Waals surface area contributed by atoms with Crippen molar-refractivity contribution in [3.05, 3.63) is 47.4 Å². The van der Waals surface area contributed by atoms with Crippen LogP contribution in [0.4, 0.5) is 15.9 Å². The minimum absolute atomic E-state index is 0.0365. The Bertz CT molecular complexity index is 701. The van der Waals surface area contributed by atoms with Crippen molar-refractivity contribution in [1.82, 2.24) is 4.98 Å². The topological polar surface area (TPSA) is 85.1 Å². The van der Waals surface area contributed by atoms with E-state index < -0.39 is 15.8 Å². The van der Waals surface area contributed by atoms with Crippen molar-refractivity contribution in [2.24, 2.45) is 0 Å². The van der Waals surface area contributed by atoms with Crippen LogP contribution >= 0.6 is 11.6 Å². The van der Waals surface area contributed by atoms with Crippen molar-refractivity contribution in [2.45, 2.75) is 4.90 Å². The van der Waals surface area contributed by atoms with E-state index in [1.54, 1.807) is 0 Å². The first-order valence-electron chi connectivity index (χ1n) is 5.08. The Morgan fingerprint density at radius 1 is 1.32 bits per heavy atom. The Labute approximate surface area is 114 Å². The van der Waals surface area contributed by atoms with E-state index >= 15 is 0 Å². The average Bonchev–Trinajstić information content (AvgIpc) is 2.34. The van der Waals surface area contributed by atoms with Gasteiger partial charge in [-0.2, -0.15) is 0 Å². The van der Waals surface area contributed by atoms with Gasteiger partial charge in [0.15, 0.2) is 0 Å². The highest BCUT2D eigenvalue weighted by molar-refractivity contribution is 7.92. The van der Waals surface area contributed by atoms with Crippen molar-refractivity contribution in [2.75, 3.05) is 10.5 Å². The zero-order valence-corrected chi connectivity index (χ0v) is 11.0. The molecule has 0 saturated carbocycles. The lowest BCUT2D eigenvalue weighted by atomic mass is 10.3. The predicted molar refractivity (Wildman–Crippen MR) is 70.9 cm³/mol. The summed E-state index contributed by atoms with van der Waals surface area (Å²) in [5.74, 6) is -0.722. The second kappa shape index (κ2) is 5.02. The number of benzene rings is 1. The second-order valence-electron chi connectivity index (χ2n) is 3.62. The quantitative estimate of drug-likeness (QED) is 0.910. The lowest BCUT2D eigenvalue weighted by Crippen LogP contribution is -2.14. The van der Waals surface area contributed by atoms with Crippen molar-refractivity contribution in [1.29, 1.82) is 0 Å². The molecular weight excluding hydrogens is 293 g/mol. The standard InChI is InChI=1S/C11H9ClFN3O2S/c12-8-2-1-3-9(13)11(8)16-19(17,18)7-4-5-15-10(14)6-7/h1-6,16H,(H2,14,15). The molecule has 100 valence electrons. The van der Waals surface area contributed by atoms with Gasteiger partial charge in [-0.1, -0.05) is 17.7 Å². The minimum Gasteiger partial charge on any atom is -0.384 e. The number of nitrogens with two attached hydrogens (primary N) is 1. The summed E-state index contributed by atoms with van der Waals surface area (Å²) in [6.45, 7) is 0. The summed E-state index contributed by atoms with van der Waals surface area (Å²) in [4.78, 5) is 3.56. The molecule has 0 amide bonds. The molecule has 1 aromatic carbocycles. The Kier molecular flexibility index (Phi) is 3.59. The molecule has 0 radical (unpaired) electrons. The van der Waals surface area contributed by atoms with Crippen LogP contribution in [0.2, 0.25) is 5.02 Å². The number of para-hydroxylation sites is 1. The molecule has 8 heteroatoms. The predicted octanol–water partition coefficient (Wildman–Crippen LogP) is 2.26. The van der Waals surface area contributed by atoms with E-state index in [2.05, 4.69) is 9.71 Å². The first-order valence-corrected chi connectivity index (χ1v) is 6.94. The van der Waals surface area contributed by atoms with Crippen LogP contribution in [0.15, 0.2) is 41.4 Å². The molecule has 1 heterocycles. The summed E-state index contributed by atoms with van der Waals surface area (Å²) < 4.78 is 39.7. The summed E-state index contributed by atoms with van der Waals surface area (Å²) in [6, 6.07) is 6.26. The zero-order chi connectivity index (χ0) is 14.0. The number of aromatic nitrogens is 1. The molecule has 0 atom stereocenters. The summed E-state index contributed by atoms with van der Waals surface area (Å²) in [5.41, 5.74) is 5.10. The third kappa shape index (κ3) is 2.94. The number of nitrogen functional groups attached to an aromatic ring is 1. The van der Waals surface area contributed by atoms with Gasteiger partial charge in [-0.3, -0.25) is 4.72 Å². The number of halogens is 2. The van der Waals surface area contributed by atoms with Crippen molar-refractivity contribution in [3.63, 3.8) is 0 Å². The van der Waals surface area contributed by atoms with Gasteiger partial charge in [-0.05, 0) is 18.2 Å². The van der Waals surface area contributed by atoms with Crippen LogP contribution in [-0.4, -0.2) is 13.4 Å². The largest absolute Gasteiger partial charge is 0.384 e. The maximum absolute atomic E-state index is 13.5. The molecule has 1 aromatic heterocycles. The van der Waals surface area contributed by atoms with Crippen molar-refractivity contribution < 1.29 is 12.8 Å². The van der Waals surface area contributed by atoms with Crippen LogP contribution < -0.4 is 10.5 Å². The summed E-state index contributed by atoms with van der Waals surface area (Å²) in [7, 11) is -3.98. The molecule has 2 rings (SSSR count). The fourth-order valence-corrected chi connectivity index (χ4v) is 2.76. The van der Waals surface area contributed by atoms with Crippen LogP contribution in [0.1, 0.15) is 0 Å². The molecule has 2 aromatic rings. The van der Waals surface area contributed by atoms with Gasteiger partial charge in [0.2, 0.25) is 0 Å². The smallest absolute Gasteiger partial charge is 0.262 e. The summed E-state index contributed by atoms with van der Waals surface area (Å²) in [6.07, 6.45) is 1.24. The highest BCUT2D eigenvalue weighted by Crippen LogP contribution is 2.27. The van der Waals surface area contributed by atoms with Crippen molar-refractivity contribution in [3.8, 4) is 0 Å². The third-order valence-electron chi connectivity index (χ3n) is 2.26. The van der Waals surface area contributed by atoms with Crippen LogP contribution in [0.3, 0.4) is 0 Å². The number of sulfonamides is 1.